The van der Waals surface area contributed by atoms with Crippen LogP contribution in [-0.4, -0.2) is 19.7 Å². The third-order valence-corrected chi connectivity index (χ3v) is 5.64. The van der Waals surface area contributed by atoms with Gasteiger partial charge in [0.1, 0.15) is 0 Å². The van der Waals surface area contributed by atoms with Crippen LogP contribution in [-0.2, 0) is 5.75 Å². The normalized spacial score (nSPS) is 10.9. The van der Waals surface area contributed by atoms with Gasteiger partial charge in [-0.15, -0.1) is 10.2 Å². The van der Waals surface area contributed by atoms with Crippen LogP contribution in [0, 0.1) is 0 Å². The van der Waals surface area contributed by atoms with E-state index in [1.165, 1.54) is 11.8 Å². The van der Waals surface area contributed by atoms with Crippen LogP contribution in [0.3, 0.4) is 0 Å². The number of para-hydroxylation sites is 1. The minimum absolute atomic E-state index is 0.594. The van der Waals surface area contributed by atoms with Gasteiger partial charge in [-0.05, 0) is 42.0 Å². The Balaban J connectivity index is 1.74. The highest BCUT2D eigenvalue weighted by molar-refractivity contribution is 7.98. The molecular formula is C20H14Cl2N4S. The molecule has 0 aliphatic carbocycles. The van der Waals surface area contributed by atoms with Gasteiger partial charge in [-0.25, -0.2) is 0 Å². The van der Waals surface area contributed by atoms with Gasteiger partial charge in [0, 0.05) is 39.4 Å². The van der Waals surface area contributed by atoms with Gasteiger partial charge < -0.3 is 0 Å². The number of hydrogen-bond donors (Lipinski definition) is 0. The second-order valence-corrected chi connectivity index (χ2v) is 7.46. The molecule has 0 atom stereocenters. The fourth-order valence-corrected chi connectivity index (χ4v) is 4.36. The van der Waals surface area contributed by atoms with Crippen molar-refractivity contribution in [3.63, 3.8) is 0 Å². The number of rotatable bonds is 5. The van der Waals surface area contributed by atoms with E-state index in [-0.39, 0.29) is 0 Å². The first-order chi connectivity index (χ1) is 13.2. The average molecular weight is 413 g/mol. The second kappa shape index (κ2) is 8.13. The summed E-state index contributed by atoms with van der Waals surface area (Å²) in [6, 6.07) is 19.4. The molecule has 0 bridgehead atoms. The second-order valence-electron chi connectivity index (χ2n) is 5.71. The van der Waals surface area contributed by atoms with E-state index in [4.69, 9.17) is 23.2 Å². The van der Waals surface area contributed by atoms with Crippen LogP contribution >= 0.6 is 35.0 Å². The molecule has 0 radical (unpaired) electrons. The summed E-state index contributed by atoms with van der Waals surface area (Å²) in [6.45, 7) is 0. The van der Waals surface area contributed by atoms with Gasteiger partial charge in [0.2, 0.25) is 0 Å². The Morgan fingerprint density at radius 1 is 0.852 bits per heavy atom. The van der Waals surface area contributed by atoms with Crippen LogP contribution in [0.1, 0.15) is 5.56 Å². The largest absolute Gasteiger partial charge is 0.270 e. The van der Waals surface area contributed by atoms with E-state index >= 15 is 0 Å². The zero-order valence-corrected chi connectivity index (χ0v) is 16.4. The fourth-order valence-electron chi connectivity index (χ4n) is 2.66. The number of thioether (sulfide) groups is 1. The summed E-state index contributed by atoms with van der Waals surface area (Å²) in [5.74, 6) is 1.33. The topological polar surface area (TPSA) is 43.6 Å². The summed E-state index contributed by atoms with van der Waals surface area (Å²) in [6.07, 6.45) is 3.52. The molecule has 0 fully saturated rings. The maximum atomic E-state index is 6.30. The maximum absolute atomic E-state index is 6.30. The predicted molar refractivity (Wildman–Crippen MR) is 111 cm³/mol. The van der Waals surface area contributed by atoms with E-state index < -0.39 is 0 Å². The Kier molecular flexibility index (Phi) is 5.43. The standard InChI is InChI=1S/C20H14Cl2N4S/c21-17-9-4-10-18(22)16(17)13-27-20-25-24-19(14-6-5-11-23-12-14)26(20)15-7-2-1-3-8-15/h1-12H,13H2. The lowest BCUT2D eigenvalue weighted by molar-refractivity contribution is 0.886. The molecular weight excluding hydrogens is 399 g/mol. The van der Waals surface area contributed by atoms with Crippen molar-refractivity contribution in [3.05, 3.63) is 88.7 Å². The van der Waals surface area contributed by atoms with Gasteiger partial charge in [0.05, 0.1) is 0 Å². The van der Waals surface area contributed by atoms with E-state index in [1.54, 1.807) is 12.4 Å². The van der Waals surface area contributed by atoms with Crippen molar-refractivity contribution in [1.29, 1.82) is 0 Å². The average Bonchev–Trinajstić information content (AvgIpc) is 3.13. The van der Waals surface area contributed by atoms with Gasteiger partial charge in [0.25, 0.3) is 0 Å². The van der Waals surface area contributed by atoms with Crippen LogP contribution in [0.5, 0.6) is 0 Å². The van der Waals surface area contributed by atoms with E-state index in [1.807, 2.05) is 65.2 Å². The summed E-state index contributed by atoms with van der Waals surface area (Å²) >= 11 is 14.1. The first-order valence-corrected chi connectivity index (χ1v) is 9.95. The summed E-state index contributed by atoms with van der Waals surface area (Å²) in [5, 5.41) is 10.9. The number of nitrogens with zero attached hydrogens (tertiary/aromatic N) is 4. The van der Waals surface area contributed by atoms with Crippen molar-refractivity contribution < 1.29 is 0 Å². The molecule has 0 aliphatic rings. The van der Waals surface area contributed by atoms with Crippen molar-refractivity contribution in [1.82, 2.24) is 19.7 Å². The molecule has 0 aliphatic heterocycles. The summed E-state index contributed by atoms with van der Waals surface area (Å²) in [7, 11) is 0. The van der Waals surface area contributed by atoms with Crippen LogP contribution in [0.2, 0.25) is 10.0 Å². The fraction of sp³-hybridized carbons (Fsp3) is 0.0500. The Morgan fingerprint density at radius 2 is 1.63 bits per heavy atom. The molecule has 4 aromatic rings. The van der Waals surface area contributed by atoms with Crippen molar-refractivity contribution in [2.24, 2.45) is 0 Å². The lowest BCUT2D eigenvalue weighted by Gasteiger charge is -2.11. The van der Waals surface area contributed by atoms with E-state index in [0.717, 1.165) is 27.8 Å². The van der Waals surface area contributed by atoms with E-state index in [2.05, 4.69) is 15.2 Å². The monoisotopic (exact) mass is 412 g/mol. The summed E-state index contributed by atoms with van der Waals surface area (Å²) in [5.41, 5.74) is 2.77. The molecule has 0 saturated carbocycles. The molecule has 0 spiro atoms. The molecule has 0 N–H and O–H groups in total. The van der Waals surface area contributed by atoms with Crippen molar-refractivity contribution >= 4 is 35.0 Å². The molecule has 0 amide bonds. The number of aromatic nitrogens is 4. The van der Waals surface area contributed by atoms with Crippen molar-refractivity contribution in [2.45, 2.75) is 10.9 Å². The zero-order chi connectivity index (χ0) is 18.6. The summed E-state index contributed by atoms with van der Waals surface area (Å²) in [4.78, 5) is 4.20. The van der Waals surface area contributed by atoms with Crippen molar-refractivity contribution in [2.75, 3.05) is 0 Å². The number of benzene rings is 2. The van der Waals surface area contributed by atoms with Crippen molar-refractivity contribution in [3.8, 4) is 17.1 Å². The quantitative estimate of drug-likeness (QED) is 0.381. The smallest absolute Gasteiger partial charge is 0.196 e. The zero-order valence-electron chi connectivity index (χ0n) is 14.1. The SMILES string of the molecule is Clc1cccc(Cl)c1CSc1nnc(-c2cccnc2)n1-c1ccccc1. The number of halogens is 2. The lowest BCUT2D eigenvalue weighted by Crippen LogP contribution is -2.00. The van der Waals surface area contributed by atoms with Crippen LogP contribution in [0.15, 0.2) is 78.2 Å². The highest BCUT2D eigenvalue weighted by Gasteiger charge is 2.17. The third-order valence-electron chi connectivity index (χ3n) is 3.97. The molecule has 7 heteroatoms. The molecule has 4 rings (SSSR count). The Bertz CT molecular complexity index is 1030. The van der Waals surface area contributed by atoms with Gasteiger partial charge in [-0.1, -0.05) is 59.2 Å². The molecule has 134 valence electrons. The maximum Gasteiger partial charge on any atom is 0.196 e. The summed E-state index contributed by atoms with van der Waals surface area (Å²) < 4.78 is 2.02. The Labute approximate surface area is 171 Å². The Morgan fingerprint density at radius 3 is 2.33 bits per heavy atom. The highest BCUT2D eigenvalue weighted by Crippen LogP contribution is 2.33. The minimum Gasteiger partial charge on any atom is -0.270 e. The highest BCUT2D eigenvalue weighted by atomic mass is 35.5. The van der Waals surface area contributed by atoms with Crippen LogP contribution in [0.25, 0.3) is 17.1 Å². The number of pyridine rings is 1. The first kappa shape index (κ1) is 18.0. The third kappa shape index (κ3) is 3.86. The number of hydrogen-bond acceptors (Lipinski definition) is 4. The molecule has 2 heterocycles. The van der Waals surface area contributed by atoms with E-state index in [0.29, 0.717) is 15.8 Å². The molecule has 2 aromatic carbocycles. The lowest BCUT2D eigenvalue weighted by atomic mass is 10.2. The molecule has 4 nitrogen and oxygen atoms in total. The van der Waals surface area contributed by atoms with Crippen LogP contribution < -0.4 is 0 Å². The molecule has 0 saturated heterocycles. The van der Waals surface area contributed by atoms with Gasteiger partial charge in [0.15, 0.2) is 11.0 Å². The molecule has 2 aromatic heterocycles. The minimum atomic E-state index is 0.594. The van der Waals surface area contributed by atoms with Gasteiger partial charge in [-0.3, -0.25) is 9.55 Å². The Hall–Kier alpha value is -2.34. The predicted octanol–water partition coefficient (Wildman–Crippen LogP) is 5.93. The van der Waals surface area contributed by atoms with Gasteiger partial charge >= 0.3 is 0 Å². The first-order valence-electron chi connectivity index (χ1n) is 8.21. The molecule has 0 unspecified atom stereocenters. The van der Waals surface area contributed by atoms with E-state index in [9.17, 15) is 0 Å². The molecule has 27 heavy (non-hydrogen) atoms. The van der Waals surface area contributed by atoms with Gasteiger partial charge in [-0.2, -0.15) is 0 Å². The van der Waals surface area contributed by atoms with Crippen LogP contribution in [0.4, 0.5) is 0 Å².